The van der Waals surface area contributed by atoms with Crippen molar-refractivity contribution < 1.29 is 4.42 Å². The van der Waals surface area contributed by atoms with Crippen LogP contribution in [0.5, 0.6) is 0 Å². The lowest BCUT2D eigenvalue weighted by Crippen LogP contribution is -2.12. The van der Waals surface area contributed by atoms with Gasteiger partial charge in [-0.3, -0.25) is 4.98 Å². The Bertz CT molecular complexity index is 1730. The molecule has 0 amide bonds. The molecule has 0 atom stereocenters. The van der Waals surface area contributed by atoms with Crippen LogP contribution in [0.15, 0.2) is 83.6 Å². The summed E-state index contributed by atoms with van der Waals surface area (Å²) in [7, 11) is 0. The standard InChI is InChI=1S/C33H31NOS/c1-20(2)14-21-10-11-25-27(19-35-29(25)15-21)31-18-26-30(36-31)12-13-34-32(26)23-16-22-8-6-7-9-24(22)28(17-23)33(3,4)5/h6-13,15-20H,14H2,1-5H3. The first-order chi connectivity index (χ1) is 17.3. The number of fused-ring (bicyclic) bond motifs is 3. The smallest absolute Gasteiger partial charge is 0.134 e. The summed E-state index contributed by atoms with van der Waals surface area (Å²) < 4.78 is 7.27. The highest BCUT2D eigenvalue weighted by atomic mass is 32.1. The molecule has 0 aliphatic rings. The average Bonchev–Trinajstić information content (AvgIpc) is 3.46. The molecule has 0 aliphatic carbocycles. The molecule has 0 unspecified atom stereocenters. The third-order valence-corrected chi connectivity index (χ3v) is 8.07. The molecule has 2 nitrogen and oxygen atoms in total. The monoisotopic (exact) mass is 489 g/mol. The molecule has 0 bridgehead atoms. The summed E-state index contributed by atoms with van der Waals surface area (Å²) >= 11 is 1.81. The van der Waals surface area contributed by atoms with E-state index in [9.17, 15) is 0 Å². The summed E-state index contributed by atoms with van der Waals surface area (Å²) in [5, 5.41) is 4.93. The first kappa shape index (κ1) is 23.0. The molecule has 3 heterocycles. The summed E-state index contributed by atoms with van der Waals surface area (Å²) in [6.45, 7) is 11.4. The van der Waals surface area contributed by atoms with Gasteiger partial charge in [-0.05, 0) is 70.0 Å². The molecule has 0 saturated heterocycles. The van der Waals surface area contributed by atoms with E-state index in [1.54, 1.807) is 11.3 Å². The summed E-state index contributed by atoms with van der Waals surface area (Å²) in [5.41, 5.74) is 7.04. The zero-order valence-electron chi connectivity index (χ0n) is 21.6. The van der Waals surface area contributed by atoms with Gasteiger partial charge in [-0.2, -0.15) is 0 Å². The normalized spacial score (nSPS) is 12.4. The first-order valence-electron chi connectivity index (χ1n) is 12.7. The number of thiophene rings is 1. The highest BCUT2D eigenvalue weighted by Crippen LogP contribution is 2.42. The molecule has 0 saturated carbocycles. The molecule has 3 heteroatoms. The quantitative estimate of drug-likeness (QED) is 0.246. The third kappa shape index (κ3) is 4.02. The van der Waals surface area contributed by atoms with E-state index in [-0.39, 0.29) is 5.41 Å². The van der Waals surface area contributed by atoms with E-state index in [0.29, 0.717) is 5.92 Å². The molecule has 0 N–H and O–H groups in total. The van der Waals surface area contributed by atoms with Gasteiger partial charge in [-0.15, -0.1) is 11.3 Å². The maximum Gasteiger partial charge on any atom is 0.134 e. The lowest BCUT2D eigenvalue weighted by molar-refractivity contribution is 0.596. The number of nitrogens with zero attached hydrogens (tertiary/aromatic N) is 1. The lowest BCUT2D eigenvalue weighted by Gasteiger charge is -2.22. The van der Waals surface area contributed by atoms with Gasteiger partial charge in [0.15, 0.2) is 0 Å². The van der Waals surface area contributed by atoms with Crippen LogP contribution < -0.4 is 0 Å². The van der Waals surface area contributed by atoms with Gasteiger partial charge in [-0.25, -0.2) is 0 Å². The zero-order chi connectivity index (χ0) is 25.0. The van der Waals surface area contributed by atoms with E-state index in [0.717, 1.165) is 23.3 Å². The Morgan fingerprint density at radius 1 is 0.889 bits per heavy atom. The second kappa shape index (κ2) is 8.60. The molecule has 0 aliphatic heterocycles. The Morgan fingerprint density at radius 2 is 1.72 bits per heavy atom. The fraction of sp³-hybridized carbons (Fsp3) is 0.242. The van der Waals surface area contributed by atoms with Crippen molar-refractivity contribution in [3.8, 4) is 21.7 Å². The number of aromatic nitrogens is 1. The molecule has 180 valence electrons. The van der Waals surface area contributed by atoms with Crippen molar-refractivity contribution in [2.75, 3.05) is 0 Å². The van der Waals surface area contributed by atoms with Crippen LogP contribution in [0, 0.1) is 5.92 Å². The van der Waals surface area contributed by atoms with Crippen molar-refractivity contribution in [2.45, 2.75) is 46.5 Å². The van der Waals surface area contributed by atoms with Crippen LogP contribution in [0.2, 0.25) is 0 Å². The van der Waals surface area contributed by atoms with Gasteiger partial charge in [0.25, 0.3) is 0 Å². The lowest BCUT2D eigenvalue weighted by atomic mass is 9.82. The van der Waals surface area contributed by atoms with Crippen LogP contribution in [0.1, 0.15) is 45.7 Å². The molecule has 36 heavy (non-hydrogen) atoms. The van der Waals surface area contributed by atoms with Crippen LogP contribution in [0.3, 0.4) is 0 Å². The van der Waals surface area contributed by atoms with Crippen LogP contribution >= 0.6 is 11.3 Å². The fourth-order valence-electron chi connectivity index (χ4n) is 5.26. The largest absolute Gasteiger partial charge is 0.464 e. The predicted octanol–water partition coefficient (Wildman–Crippen LogP) is 10.0. The van der Waals surface area contributed by atoms with Crippen molar-refractivity contribution in [1.82, 2.24) is 4.98 Å². The highest BCUT2D eigenvalue weighted by Gasteiger charge is 2.20. The number of hydrogen-bond acceptors (Lipinski definition) is 3. The van der Waals surface area contributed by atoms with Gasteiger partial charge in [0.2, 0.25) is 0 Å². The van der Waals surface area contributed by atoms with Crippen molar-refractivity contribution in [2.24, 2.45) is 5.92 Å². The maximum absolute atomic E-state index is 6.03. The minimum absolute atomic E-state index is 0.0352. The number of hydrogen-bond donors (Lipinski definition) is 0. The van der Waals surface area contributed by atoms with Gasteiger partial charge < -0.3 is 4.42 Å². The molecule has 6 aromatic rings. The third-order valence-electron chi connectivity index (χ3n) is 6.94. The Labute approximate surface area is 216 Å². The summed E-state index contributed by atoms with van der Waals surface area (Å²) in [6, 6.07) is 24.4. The van der Waals surface area contributed by atoms with Crippen LogP contribution in [0.25, 0.3) is 53.5 Å². The van der Waals surface area contributed by atoms with Crippen molar-refractivity contribution in [1.29, 1.82) is 0 Å². The van der Waals surface area contributed by atoms with E-state index in [1.807, 2.05) is 12.5 Å². The van der Waals surface area contributed by atoms with Gasteiger partial charge in [0, 0.05) is 37.7 Å². The fourth-order valence-corrected chi connectivity index (χ4v) is 6.33. The van der Waals surface area contributed by atoms with Crippen LogP contribution in [0.4, 0.5) is 0 Å². The number of benzene rings is 3. The van der Waals surface area contributed by atoms with Crippen molar-refractivity contribution in [3.63, 3.8) is 0 Å². The van der Waals surface area contributed by atoms with E-state index < -0.39 is 0 Å². The van der Waals surface area contributed by atoms with Crippen LogP contribution in [-0.4, -0.2) is 4.98 Å². The molecule has 3 aromatic carbocycles. The first-order valence-corrected chi connectivity index (χ1v) is 13.5. The predicted molar refractivity (Wildman–Crippen MR) is 155 cm³/mol. The summed E-state index contributed by atoms with van der Waals surface area (Å²) in [6.07, 6.45) is 4.91. The SMILES string of the molecule is CC(C)Cc1ccc2c(-c3cc4c(-c5cc(C(C)(C)C)c6ccccc6c5)nccc4s3)coc2c1. The number of rotatable bonds is 4. The molecular weight excluding hydrogens is 458 g/mol. The van der Waals surface area contributed by atoms with Gasteiger partial charge in [0.05, 0.1) is 5.69 Å². The Morgan fingerprint density at radius 3 is 2.53 bits per heavy atom. The minimum atomic E-state index is 0.0352. The Balaban J connectivity index is 1.50. The van der Waals surface area contributed by atoms with E-state index in [4.69, 9.17) is 9.40 Å². The van der Waals surface area contributed by atoms with Crippen LogP contribution in [-0.2, 0) is 11.8 Å². The summed E-state index contributed by atoms with van der Waals surface area (Å²) in [4.78, 5) is 6.10. The van der Waals surface area contributed by atoms with Gasteiger partial charge in [-0.1, -0.05) is 71.0 Å². The Kier molecular flexibility index (Phi) is 5.49. The van der Waals surface area contributed by atoms with E-state index >= 15 is 0 Å². The minimum Gasteiger partial charge on any atom is -0.464 e. The Hall–Kier alpha value is -3.43. The second-order valence-corrected chi connectivity index (χ2v) is 12.3. The molecule has 0 fully saturated rings. The molecule has 3 aromatic heterocycles. The molecule has 0 spiro atoms. The molecule has 6 rings (SSSR count). The molecular formula is C33H31NOS. The zero-order valence-corrected chi connectivity index (χ0v) is 22.4. The maximum atomic E-state index is 6.03. The van der Waals surface area contributed by atoms with E-state index in [2.05, 4.69) is 101 Å². The highest BCUT2D eigenvalue weighted by molar-refractivity contribution is 7.22. The van der Waals surface area contributed by atoms with Gasteiger partial charge in [0.1, 0.15) is 11.8 Å². The number of furan rings is 1. The van der Waals surface area contributed by atoms with Crippen molar-refractivity contribution >= 4 is 43.2 Å². The summed E-state index contributed by atoms with van der Waals surface area (Å²) in [5.74, 6) is 0.624. The second-order valence-electron chi connectivity index (χ2n) is 11.3. The average molecular weight is 490 g/mol. The molecule has 0 radical (unpaired) electrons. The number of pyridine rings is 1. The van der Waals surface area contributed by atoms with Gasteiger partial charge >= 0.3 is 0 Å². The van der Waals surface area contributed by atoms with Crippen molar-refractivity contribution in [3.05, 3.63) is 90.3 Å². The topological polar surface area (TPSA) is 26.0 Å². The van der Waals surface area contributed by atoms with E-state index in [1.165, 1.54) is 47.8 Å².